The lowest BCUT2D eigenvalue weighted by Crippen LogP contribution is -2.36. The highest BCUT2D eigenvalue weighted by Gasteiger charge is 2.20. The molecule has 180 valence electrons. The predicted molar refractivity (Wildman–Crippen MR) is 130 cm³/mol. The Morgan fingerprint density at radius 3 is 2.76 bits per heavy atom. The number of hydrogen-bond donors (Lipinski definition) is 3. The Bertz CT molecular complexity index is 886. The molecule has 0 aliphatic carbocycles. The quantitative estimate of drug-likeness (QED) is 0.320. The molecule has 0 fully saturated rings. The van der Waals surface area contributed by atoms with Crippen LogP contribution in [0.15, 0.2) is 29.0 Å². The van der Waals surface area contributed by atoms with Crippen molar-refractivity contribution in [2.75, 3.05) is 43.5 Å². The van der Waals surface area contributed by atoms with Gasteiger partial charge in [0.2, 0.25) is 5.95 Å². The van der Waals surface area contributed by atoms with E-state index in [2.05, 4.69) is 53.6 Å². The Kier molecular flexibility index (Phi) is 10.3. The zero-order valence-electron chi connectivity index (χ0n) is 18.8. The first-order valence-corrected chi connectivity index (χ1v) is 12.3. The van der Waals surface area contributed by atoms with Gasteiger partial charge in [-0.1, -0.05) is 6.07 Å². The van der Waals surface area contributed by atoms with E-state index in [9.17, 15) is 14.3 Å². The van der Waals surface area contributed by atoms with Crippen LogP contribution in [0.25, 0.3) is 0 Å². The second kappa shape index (κ2) is 13.4. The number of fused-ring (bicyclic) bond motifs is 1. The molecule has 10 heteroatoms. The highest BCUT2D eigenvalue weighted by molar-refractivity contribution is 9.10. The molecule has 33 heavy (non-hydrogen) atoms. The Morgan fingerprint density at radius 2 is 2.00 bits per heavy atom. The lowest BCUT2D eigenvalue weighted by Gasteiger charge is -2.24. The summed E-state index contributed by atoms with van der Waals surface area (Å²) >= 11 is 3.26. The topological polar surface area (TPSA) is 103 Å². The van der Waals surface area contributed by atoms with Gasteiger partial charge in [0.05, 0.1) is 11.1 Å². The number of hydrogen-bond acceptors (Lipinski definition) is 7. The normalized spacial score (nSPS) is 13.9. The summed E-state index contributed by atoms with van der Waals surface area (Å²) in [6, 6.07) is 3.47. The van der Waals surface area contributed by atoms with Crippen molar-refractivity contribution in [2.45, 2.75) is 51.0 Å². The molecule has 0 saturated carbocycles. The number of nitrogens with zero attached hydrogens (tertiary/aromatic N) is 4. The lowest BCUT2D eigenvalue weighted by atomic mass is 10.1. The summed E-state index contributed by atoms with van der Waals surface area (Å²) in [6.07, 6.45) is 9.00. The van der Waals surface area contributed by atoms with Crippen molar-refractivity contribution in [1.82, 2.24) is 19.9 Å². The van der Waals surface area contributed by atoms with E-state index in [0.29, 0.717) is 25.9 Å². The van der Waals surface area contributed by atoms with E-state index in [0.717, 1.165) is 61.2 Å². The van der Waals surface area contributed by atoms with Crippen LogP contribution in [0.4, 0.5) is 16.2 Å². The molecule has 0 amide bonds. The van der Waals surface area contributed by atoms with Crippen LogP contribution in [0.1, 0.15) is 43.4 Å². The summed E-state index contributed by atoms with van der Waals surface area (Å²) in [5, 5.41) is 15.8. The molecule has 0 radical (unpaired) electrons. The second-order valence-electron chi connectivity index (χ2n) is 8.23. The number of carboxylic acids is 1. The van der Waals surface area contributed by atoms with Crippen LogP contribution in [-0.2, 0) is 17.6 Å². The molecule has 0 saturated heterocycles. The first kappa shape index (κ1) is 25.3. The highest BCUT2D eigenvalue weighted by atomic mass is 79.9. The van der Waals surface area contributed by atoms with E-state index in [4.69, 9.17) is 4.98 Å². The van der Waals surface area contributed by atoms with Gasteiger partial charge in [-0.2, -0.15) is 0 Å². The van der Waals surface area contributed by atoms with Crippen LogP contribution >= 0.6 is 15.9 Å². The molecule has 3 heterocycles. The molecule has 3 N–H and O–H groups in total. The van der Waals surface area contributed by atoms with E-state index in [-0.39, 0.29) is 12.6 Å². The predicted octanol–water partition coefficient (Wildman–Crippen LogP) is 3.93. The molecule has 8 nitrogen and oxygen atoms in total. The van der Waals surface area contributed by atoms with Gasteiger partial charge in [-0.3, -0.25) is 4.39 Å². The van der Waals surface area contributed by atoms with Gasteiger partial charge in [-0.05, 0) is 79.1 Å². The van der Waals surface area contributed by atoms with Gasteiger partial charge in [0.25, 0.3) is 0 Å². The molecule has 1 aliphatic heterocycles. The number of nitrogens with one attached hydrogen (secondary N) is 2. The Balaban J connectivity index is 1.45. The van der Waals surface area contributed by atoms with Crippen molar-refractivity contribution >= 4 is 33.7 Å². The molecular weight excluding hydrogens is 491 g/mol. The fraction of sp³-hybridized carbons (Fsp3) is 0.565. The number of halogens is 2. The van der Waals surface area contributed by atoms with E-state index in [1.807, 2.05) is 0 Å². The van der Waals surface area contributed by atoms with Crippen molar-refractivity contribution in [3.8, 4) is 0 Å². The van der Waals surface area contributed by atoms with E-state index < -0.39 is 12.0 Å². The molecule has 2 aromatic heterocycles. The summed E-state index contributed by atoms with van der Waals surface area (Å²) in [5.41, 5.74) is 2.38. The Hall–Kier alpha value is -2.33. The summed E-state index contributed by atoms with van der Waals surface area (Å²) in [4.78, 5) is 26.8. The molecule has 0 bridgehead atoms. The zero-order valence-corrected chi connectivity index (χ0v) is 20.4. The van der Waals surface area contributed by atoms with Crippen LogP contribution < -0.4 is 10.6 Å². The Labute approximate surface area is 202 Å². The minimum absolute atomic E-state index is 0.271. The minimum atomic E-state index is -0.959. The monoisotopic (exact) mass is 522 g/mol. The lowest BCUT2D eigenvalue weighted by molar-refractivity contribution is -0.138. The molecule has 3 rings (SSSR count). The standard InChI is InChI=1S/C23H32BrFN6O2/c24-18-15-27-23(28-16-18)30-20(22(32)33)9-14-31(13-4-10-25)12-2-1-6-19-8-7-17-5-3-11-26-21(17)29-19/h7-8,15-16,20H,1-6,9-14H2,(H,26,29)(H,32,33)(H,27,28,30)/t20-/m0/s1. The average Bonchev–Trinajstić information content (AvgIpc) is 2.83. The molecule has 2 aromatic rings. The number of aromatic nitrogens is 3. The summed E-state index contributed by atoms with van der Waals surface area (Å²) in [6.45, 7) is 2.56. The maximum atomic E-state index is 12.8. The number of pyridine rings is 1. The van der Waals surface area contributed by atoms with Crippen molar-refractivity contribution < 1.29 is 14.3 Å². The Morgan fingerprint density at radius 1 is 1.21 bits per heavy atom. The van der Waals surface area contributed by atoms with Gasteiger partial charge in [-0.25, -0.2) is 19.7 Å². The van der Waals surface area contributed by atoms with Crippen molar-refractivity contribution in [3.63, 3.8) is 0 Å². The van der Waals surface area contributed by atoms with Gasteiger partial charge in [0, 0.05) is 37.7 Å². The van der Waals surface area contributed by atoms with Crippen LogP contribution in [0.3, 0.4) is 0 Å². The molecule has 0 unspecified atom stereocenters. The van der Waals surface area contributed by atoms with Gasteiger partial charge >= 0.3 is 5.97 Å². The third kappa shape index (κ3) is 8.51. The number of aryl methyl sites for hydroxylation is 2. The molecular formula is C23H32BrFN6O2. The fourth-order valence-electron chi connectivity index (χ4n) is 3.88. The number of carboxylic acid groups (broad SMARTS) is 1. The highest BCUT2D eigenvalue weighted by Crippen LogP contribution is 2.20. The van der Waals surface area contributed by atoms with Gasteiger partial charge in [0.1, 0.15) is 11.9 Å². The maximum absolute atomic E-state index is 12.8. The first-order chi connectivity index (χ1) is 16.0. The SMILES string of the molecule is O=C(O)[C@H](CCN(CCCF)CCCCc1ccc2c(n1)NCCC2)Nc1ncc(Br)cn1. The molecule has 0 aromatic carbocycles. The third-order valence-electron chi connectivity index (χ3n) is 5.67. The van der Waals surface area contributed by atoms with Crippen LogP contribution in [-0.4, -0.2) is 69.8 Å². The van der Waals surface area contributed by atoms with E-state index >= 15 is 0 Å². The smallest absolute Gasteiger partial charge is 0.326 e. The average molecular weight is 523 g/mol. The summed E-state index contributed by atoms with van der Waals surface area (Å²) < 4.78 is 13.5. The van der Waals surface area contributed by atoms with Gasteiger partial charge < -0.3 is 20.6 Å². The van der Waals surface area contributed by atoms with Gasteiger partial charge in [-0.15, -0.1) is 0 Å². The maximum Gasteiger partial charge on any atom is 0.326 e. The minimum Gasteiger partial charge on any atom is -0.480 e. The zero-order chi connectivity index (χ0) is 23.5. The molecule has 1 atom stereocenters. The number of aliphatic carboxylic acids is 1. The van der Waals surface area contributed by atoms with Crippen LogP contribution in [0, 0.1) is 0 Å². The fourth-order valence-corrected chi connectivity index (χ4v) is 4.08. The molecule has 1 aliphatic rings. The summed E-state index contributed by atoms with van der Waals surface area (Å²) in [5.74, 6) is 0.331. The molecule has 0 spiro atoms. The van der Waals surface area contributed by atoms with Crippen LogP contribution in [0.2, 0.25) is 0 Å². The largest absolute Gasteiger partial charge is 0.480 e. The van der Waals surface area contributed by atoms with Crippen molar-refractivity contribution in [3.05, 3.63) is 40.3 Å². The number of unbranched alkanes of at least 4 members (excludes halogenated alkanes) is 1. The van der Waals surface area contributed by atoms with E-state index in [1.165, 1.54) is 5.56 Å². The number of rotatable bonds is 14. The second-order valence-corrected chi connectivity index (χ2v) is 9.15. The van der Waals surface area contributed by atoms with E-state index in [1.54, 1.807) is 12.4 Å². The number of alkyl halides is 1. The van der Waals surface area contributed by atoms with Gasteiger partial charge in [0.15, 0.2) is 0 Å². The number of carbonyl (C=O) groups is 1. The number of anilines is 2. The van der Waals surface area contributed by atoms with Crippen molar-refractivity contribution in [2.24, 2.45) is 0 Å². The third-order valence-corrected chi connectivity index (χ3v) is 6.08. The summed E-state index contributed by atoms with van der Waals surface area (Å²) in [7, 11) is 0. The van der Waals surface area contributed by atoms with Crippen molar-refractivity contribution in [1.29, 1.82) is 0 Å². The van der Waals surface area contributed by atoms with Crippen LogP contribution in [0.5, 0.6) is 0 Å². The first-order valence-electron chi connectivity index (χ1n) is 11.5.